The van der Waals surface area contributed by atoms with Crippen LogP contribution in [0, 0.1) is 11.7 Å². The molecule has 1 atom stereocenters. The summed E-state index contributed by atoms with van der Waals surface area (Å²) in [5, 5.41) is 3.27. The van der Waals surface area contributed by atoms with E-state index >= 15 is 0 Å². The molecular weight excluding hydrogens is 229 g/mol. The Balaban J connectivity index is 2.84. The van der Waals surface area contributed by atoms with Crippen molar-refractivity contribution in [2.45, 2.75) is 39.2 Å². The van der Waals surface area contributed by atoms with Gasteiger partial charge in [0.25, 0.3) is 0 Å². The second-order valence-electron chi connectivity index (χ2n) is 4.65. The van der Waals surface area contributed by atoms with Gasteiger partial charge < -0.3 is 10.1 Å². The lowest BCUT2D eigenvalue weighted by molar-refractivity contribution is 0.376. The van der Waals surface area contributed by atoms with E-state index in [1.165, 1.54) is 7.11 Å². The highest BCUT2D eigenvalue weighted by Crippen LogP contribution is 2.27. The van der Waals surface area contributed by atoms with Crippen LogP contribution in [0.25, 0.3) is 0 Å². The van der Waals surface area contributed by atoms with Crippen molar-refractivity contribution < 1.29 is 9.13 Å². The molecule has 1 aromatic carbocycles. The van der Waals surface area contributed by atoms with E-state index < -0.39 is 0 Å². The van der Waals surface area contributed by atoms with Gasteiger partial charge in [0.15, 0.2) is 11.6 Å². The summed E-state index contributed by atoms with van der Waals surface area (Å²) < 4.78 is 18.6. The molecule has 0 heterocycles. The van der Waals surface area contributed by atoms with Crippen LogP contribution in [0.3, 0.4) is 0 Å². The van der Waals surface area contributed by atoms with Crippen LogP contribution >= 0.6 is 0 Å². The molecule has 0 fully saturated rings. The molecule has 1 aromatic rings. The van der Waals surface area contributed by atoms with Gasteiger partial charge in [0.05, 0.1) is 7.11 Å². The highest BCUT2D eigenvalue weighted by atomic mass is 19.1. The van der Waals surface area contributed by atoms with Gasteiger partial charge in [-0.05, 0) is 37.1 Å². The molecule has 0 amide bonds. The molecule has 0 spiro atoms. The fourth-order valence-corrected chi connectivity index (χ4v) is 2.28. The maximum atomic E-state index is 13.7. The van der Waals surface area contributed by atoms with Crippen molar-refractivity contribution in [1.82, 2.24) is 5.32 Å². The van der Waals surface area contributed by atoms with Gasteiger partial charge in [0, 0.05) is 6.04 Å². The molecule has 102 valence electrons. The molecule has 18 heavy (non-hydrogen) atoms. The molecule has 0 saturated heterocycles. The van der Waals surface area contributed by atoms with Crippen LogP contribution in [-0.2, 0) is 0 Å². The summed E-state index contributed by atoms with van der Waals surface area (Å²) in [6.07, 6.45) is 3.36. The van der Waals surface area contributed by atoms with Crippen LogP contribution < -0.4 is 10.1 Å². The third-order valence-corrected chi connectivity index (χ3v) is 3.65. The predicted octanol–water partition coefficient (Wildman–Crippen LogP) is 3.92. The molecule has 3 heteroatoms. The Bertz CT molecular complexity index is 364. The Kier molecular flexibility index (Phi) is 6.13. The van der Waals surface area contributed by atoms with Crippen LogP contribution in [-0.4, -0.2) is 14.2 Å². The lowest BCUT2D eigenvalue weighted by atomic mass is 9.91. The summed E-state index contributed by atoms with van der Waals surface area (Å²) in [5.41, 5.74) is 0.989. The molecule has 0 radical (unpaired) electrons. The van der Waals surface area contributed by atoms with E-state index in [9.17, 15) is 4.39 Å². The van der Waals surface area contributed by atoms with E-state index in [4.69, 9.17) is 4.74 Å². The van der Waals surface area contributed by atoms with Gasteiger partial charge in [-0.15, -0.1) is 0 Å². The van der Waals surface area contributed by atoms with E-state index in [1.54, 1.807) is 12.1 Å². The lowest BCUT2D eigenvalue weighted by Gasteiger charge is -2.22. The monoisotopic (exact) mass is 253 g/mol. The second kappa shape index (κ2) is 7.37. The number of methoxy groups -OCH3 is 1. The first-order valence-electron chi connectivity index (χ1n) is 6.66. The molecule has 0 aromatic heterocycles. The summed E-state index contributed by atoms with van der Waals surface area (Å²) >= 11 is 0. The minimum absolute atomic E-state index is 0.204. The van der Waals surface area contributed by atoms with Crippen molar-refractivity contribution in [3.05, 3.63) is 29.6 Å². The number of rotatable bonds is 7. The first-order chi connectivity index (χ1) is 8.65. The van der Waals surface area contributed by atoms with Crippen LogP contribution in [0.4, 0.5) is 4.39 Å². The van der Waals surface area contributed by atoms with Gasteiger partial charge in [0.1, 0.15) is 0 Å². The topological polar surface area (TPSA) is 21.3 Å². The minimum atomic E-state index is -0.292. The van der Waals surface area contributed by atoms with E-state index in [2.05, 4.69) is 19.2 Å². The second-order valence-corrected chi connectivity index (χ2v) is 4.65. The normalized spacial score (nSPS) is 12.8. The molecule has 0 aliphatic heterocycles. The summed E-state index contributed by atoms with van der Waals surface area (Å²) in [5.74, 6) is 0.684. The van der Waals surface area contributed by atoms with Gasteiger partial charge in [-0.2, -0.15) is 0 Å². The van der Waals surface area contributed by atoms with E-state index in [0.29, 0.717) is 11.7 Å². The SMILES string of the molecule is CCC(CC)CC(NC)c1ccc(OC)c(F)c1. The Morgan fingerprint density at radius 3 is 2.39 bits per heavy atom. The number of benzene rings is 1. The predicted molar refractivity (Wildman–Crippen MR) is 73.4 cm³/mol. The fourth-order valence-electron chi connectivity index (χ4n) is 2.28. The average Bonchev–Trinajstić information content (AvgIpc) is 2.40. The fraction of sp³-hybridized carbons (Fsp3) is 0.600. The maximum absolute atomic E-state index is 13.7. The molecule has 0 bridgehead atoms. The molecule has 2 nitrogen and oxygen atoms in total. The Morgan fingerprint density at radius 2 is 1.94 bits per heavy atom. The van der Waals surface area contributed by atoms with E-state index in [0.717, 1.165) is 24.8 Å². The largest absolute Gasteiger partial charge is 0.494 e. The molecule has 0 aliphatic rings. The van der Waals surface area contributed by atoms with E-state index in [-0.39, 0.29) is 11.9 Å². The van der Waals surface area contributed by atoms with Gasteiger partial charge in [-0.25, -0.2) is 4.39 Å². The highest BCUT2D eigenvalue weighted by molar-refractivity contribution is 5.31. The van der Waals surface area contributed by atoms with Crippen molar-refractivity contribution in [3.63, 3.8) is 0 Å². The number of nitrogens with one attached hydrogen (secondary N) is 1. The van der Waals surface area contributed by atoms with Gasteiger partial charge in [0.2, 0.25) is 0 Å². The number of halogens is 1. The zero-order chi connectivity index (χ0) is 13.5. The molecule has 0 aliphatic carbocycles. The molecule has 0 saturated carbocycles. The zero-order valence-corrected chi connectivity index (χ0v) is 11.8. The van der Waals surface area contributed by atoms with Crippen molar-refractivity contribution in [1.29, 1.82) is 0 Å². The molecule has 1 unspecified atom stereocenters. The highest BCUT2D eigenvalue weighted by Gasteiger charge is 2.16. The minimum Gasteiger partial charge on any atom is -0.494 e. The number of hydrogen-bond donors (Lipinski definition) is 1. The van der Waals surface area contributed by atoms with Crippen molar-refractivity contribution >= 4 is 0 Å². The smallest absolute Gasteiger partial charge is 0.165 e. The Hall–Kier alpha value is -1.09. The van der Waals surface area contributed by atoms with Gasteiger partial charge in [-0.3, -0.25) is 0 Å². The Labute approximate surface area is 110 Å². The molecule has 1 N–H and O–H groups in total. The van der Waals surface area contributed by atoms with Crippen LogP contribution in [0.15, 0.2) is 18.2 Å². The van der Waals surface area contributed by atoms with Crippen molar-refractivity contribution in [2.75, 3.05) is 14.2 Å². The first kappa shape index (κ1) is 15.0. The van der Waals surface area contributed by atoms with E-state index in [1.807, 2.05) is 13.1 Å². The Morgan fingerprint density at radius 1 is 1.28 bits per heavy atom. The quantitative estimate of drug-likeness (QED) is 0.795. The number of hydrogen-bond acceptors (Lipinski definition) is 2. The van der Waals surface area contributed by atoms with Gasteiger partial charge >= 0.3 is 0 Å². The molecule has 1 rings (SSSR count). The average molecular weight is 253 g/mol. The summed E-state index contributed by atoms with van der Waals surface area (Å²) in [6, 6.07) is 5.41. The van der Waals surface area contributed by atoms with Gasteiger partial charge in [-0.1, -0.05) is 32.8 Å². The maximum Gasteiger partial charge on any atom is 0.165 e. The third kappa shape index (κ3) is 3.70. The lowest BCUT2D eigenvalue weighted by Crippen LogP contribution is -2.19. The summed E-state index contributed by atoms with van der Waals surface area (Å²) in [7, 11) is 3.41. The first-order valence-corrected chi connectivity index (χ1v) is 6.66. The number of ether oxygens (including phenoxy) is 1. The van der Waals surface area contributed by atoms with Crippen LogP contribution in [0.5, 0.6) is 5.75 Å². The summed E-state index contributed by atoms with van der Waals surface area (Å²) in [4.78, 5) is 0. The standard InChI is InChI=1S/C15H24FNO/c1-5-11(6-2)9-14(17-3)12-7-8-15(18-4)13(16)10-12/h7-8,10-11,14,17H,5-6,9H2,1-4H3. The summed E-state index contributed by atoms with van der Waals surface area (Å²) in [6.45, 7) is 4.41. The zero-order valence-electron chi connectivity index (χ0n) is 11.8. The third-order valence-electron chi connectivity index (χ3n) is 3.65. The van der Waals surface area contributed by atoms with Crippen LogP contribution in [0.1, 0.15) is 44.7 Å². The van der Waals surface area contributed by atoms with Crippen LogP contribution in [0.2, 0.25) is 0 Å². The van der Waals surface area contributed by atoms with Crippen molar-refractivity contribution in [2.24, 2.45) is 5.92 Å². The molecular formula is C15H24FNO. The van der Waals surface area contributed by atoms with Crippen molar-refractivity contribution in [3.8, 4) is 5.75 Å².